The van der Waals surface area contributed by atoms with Crippen molar-refractivity contribution in [1.82, 2.24) is 20.0 Å². The Bertz CT molecular complexity index is 776. The van der Waals surface area contributed by atoms with Crippen LogP contribution in [0.2, 0.25) is 0 Å². The fourth-order valence-electron chi connectivity index (χ4n) is 2.63. The Kier molecular flexibility index (Phi) is 8.38. The third-order valence-corrected chi connectivity index (χ3v) is 3.78. The number of aryl methyl sites for hydroxylation is 1. The molecule has 1 aromatic heterocycles. The number of aromatic nitrogens is 2. The minimum absolute atomic E-state index is 0. The van der Waals surface area contributed by atoms with Crippen molar-refractivity contribution in [3.8, 4) is 5.75 Å². The number of alkyl halides is 3. The van der Waals surface area contributed by atoms with E-state index in [9.17, 15) is 13.2 Å². The molecule has 150 valence electrons. The van der Waals surface area contributed by atoms with E-state index in [2.05, 4.69) is 15.4 Å². The molecule has 0 bridgehead atoms. The summed E-state index contributed by atoms with van der Waals surface area (Å²) in [5, 5.41) is 6.45. The van der Waals surface area contributed by atoms with Crippen LogP contribution >= 0.6 is 24.0 Å². The van der Waals surface area contributed by atoms with Gasteiger partial charge in [0, 0.05) is 51.6 Å². The molecule has 0 unspecified atom stereocenters. The molecule has 0 aliphatic rings. The predicted octanol–water partition coefficient (Wildman–Crippen LogP) is 3.27. The van der Waals surface area contributed by atoms with Gasteiger partial charge in [0.1, 0.15) is 5.75 Å². The lowest BCUT2D eigenvalue weighted by Gasteiger charge is -2.23. The molecule has 1 aromatic carbocycles. The molecule has 2 rings (SSSR count). The molecule has 0 atom stereocenters. The summed E-state index contributed by atoms with van der Waals surface area (Å²) in [5.74, 6) is 1.20. The number of para-hydroxylation sites is 1. The Balaban J connectivity index is 0.00000364. The first kappa shape index (κ1) is 23.1. The van der Waals surface area contributed by atoms with E-state index in [4.69, 9.17) is 4.74 Å². The van der Waals surface area contributed by atoms with E-state index in [1.807, 2.05) is 29.2 Å². The van der Waals surface area contributed by atoms with Crippen molar-refractivity contribution in [2.24, 2.45) is 12.0 Å². The Morgan fingerprint density at radius 3 is 2.56 bits per heavy atom. The molecule has 1 heterocycles. The number of nitrogens with zero attached hydrogens (tertiary/aromatic N) is 4. The van der Waals surface area contributed by atoms with E-state index >= 15 is 0 Å². The van der Waals surface area contributed by atoms with Crippen molar-refractivity contribution in [2.75, 3.05) is 21.2 Å². The first-order chi connectivity index (χ1) is 12.3. The molecule has 2 aromatic rings. The number of halogens is 4. The number of guanidine groups is 1. The van der Waals surface area contributed by atoms with Gasteiger partial charge in [-0.1, -0.05) is 18.2 Å². The molecular weight excluding hydrogens is 474 g/mol. The van der Waals surface area contributed by atoms with E-state index < -0.39 is 11.9 Å². The molecule has 1 N–H and O–H groups in total. The standard InChI is InChI=1S/C17H22F3N5O.HI/c1-21-16(24(2)10-12-7-5-6-8-14(12)26-4)22-9-13-11-25(3)23-15(13)17(18,19)20;/h5-8,11H,9-10H2,1-4H3,(H,21,22);1H. The van der Waals surface area contributed by atoms with Crippen LogP contribution in [0.3, 0.4) is 0 Å². The van der Waals surface area contributed by atoms with Crippen LogP contribution in [-0.2, 0) is 26.3 Å². The van der Waals surface area contributed by atoms with Gasteiger partial charge in [0.15, 0.2) is 11.7 Å². The van der Waals surface area contributed by atoms with Crippen LogP contribution in [0.1, 0.15) is 16.8 Å². The van der Waals surface area contributed by atoms with Gasteiger partial charge < -0.3 is 15.0 Å². The topological polar surface area (TPSA) is 54.7 Å². The Hall–Kier alpha value is -1.98. The van der Waals surface area contributed by atoms with Crippen molar-refractivity contribution >= 4 is 29.9 Å². The van der Waals surface area contributed by atoms with E-state index in [1.54, 1.807) is 21.2 Å². The highest BCUT2D eigenvalue weighted by molar-refractivity contribution is 14.0. The number of hydrogen-bond donors (Lipinski definition) is 1. The number of methoxy groups -OCH3 is 1. The average molecular weight is 497 g/mol. The van der Waals surface area contributed by atoms with E-state index in [0.717, 1.165) is 16.0 Å². The molecule has 27 heavy (non-hydrogen) atoms. The molecule has 0 aliphatic heterocycles. The van der Waals surface area contributed by atoms with Gasteiger partial charge in [-0.2, -0.15) is 18.3 Å². The van der Waals surface area contributed by atoms with E-state index in [0.29, 0.717) is 12.5 Å². The fourth-order valence-corrected chi connectivity index (χ4v) is 2.63. The average Bonchev–Trinajstić information content (AvgIpc) is 2.97. The van der Waals surface area contributed by atoms with Crippen molar-refractivity contribution in [3.63, 3.8) is 0 Å². The first-order valence-corrected chi connectivity index (χ1v) is 7.89. The maximum Gasteiger partial charge on any atom is 0.435 e. The second-order valence-corrected chi connectivity index (χ2v) is 5.74. The van der Waals surface area contributed by atoms with Crippen LogP contribution in [0.25, 0.3) is 0 Å². The summed E-state index contributed by atoms with van der Waals surface area (Å²) >= 11 is 0. The highest BCUT2D eigenvalue weighted by Gasteiger charge is 2.36. The maximum atomic E-state index is 13.0. The summed E-state index contributed by atoms with van der Waals surface area (Å²) in [6, 6.07) is 7.54. The lowest BCUT2D eigenvalue weighted by Crippen LogP contribution is -2.38. The van der Waals surface area contributed by atoms with Crippen LogP contribution in [0.5, 0.6) is 5.75 Å². The highest BCUT2D eigenvalue weighted by Crippen LogP contribution is 2.30. The molecule has 0 saturated heterocycles. The normalized spacial score (nSPS) is 11.7. The fraction of sp³-hybridized carbons (Fsp3) is 0.412. The Morgan fingerprint density at radius 2 is 1.96 bits per heavy atom. The lowest BCUT2D eigenvalue weighted by atomic mass is 10.2. The summed E-state index contributed by atoms with van der Waals surface area (Å²) in [6.45, 7) is 0.453. The molecule has 0 spiro atoms. The maximum absolute atomic E-state index is 13.0. The van der Waals surface area contributed by atoms with Crippen LogP contribution in [0.4, 0.5) is 13.2 Å². The van der Waals surface area contributed by atoms with Crippen LogP contribution in [0, 0.1) is 0 Å². The third-order valence-electron chi connectivity index (χ3n) is 3.78. The van der Waals surface area contributed by atoms with Crippen molar-refractivity contribution in [1.29, 1.82) is 0 Å². The largest absolute Gasteiger partial charge is 0.496 e. The molecule has 6 nitrogen and oxygen atoms in total. The zero-order valence-corrected chi connectivity index (χ0v) is 17.9. The number of hydrogen-bond acceptors (Lipinski definition) is 3. The number of nitrogens with one attached hydrogen (secondary N) is 1. The van der Waals surface area contributed by atoms with Gasteiger partial charge in [-0.3, -0.25) is 9.67 Å². The predicted molar refractivity (Wildman–Crippen MR) is 108 cm³/mol. The molecule has 10 heteroatoms. The van der Waals surface area contributed by atoms with Crippen molar-refractivity contribution < 1.29 is 17.9 Å². The van der Waals surface area contributed by atoms with Gasteiger partial charge in [0.2, 0.25) is 0 Å². The summed E-state index contributed by atoms with van der Waals surface area (Å²) < 4.78 is 45.6. The van der Waals surface area contributed by atoms with Crippen molar-refractivity contribution in [3.05, 3.63) is 47.3 Å². The summed E-state index contributed by atoms with van der Waals surface area (Å²) in [4.78, 5) is 5.94. The van der Waals surface area contributed by atoms with Gasteiger partial charge in [-0.15, -0.1) is 24.0 Å². The van der Waals surface area contributed by atoms with E-state index in [-0.39, 0.29) is 36.1 Å². The van der Waals surface area contributed by atoms with Gasteiger partial charge in [-0.05, 0) is 6.07 Å². The molecule has 0 radical (unpaired) electrons. The zero-order valence-electron chi connectivity index (χ0n) is 15.5. The first-order valence-electron chi connectivity index (χ1n) is 7.89. The summed E-state index contributed by atoms with van der Waals surface area (Å²) in [5.41, 5.74) is 0.111. The van der Waals surface area contributed by atoms with Gasteiger partial charge in [-0.25, -0.2) is 0 Å². The Labute approximate surface area is 173 Å². The molecule has 0 aliphatic carbocycles. The van der Waals surface area contributed by atoms with Crippen molar-refractivity contribution in [2.45, 2.75) is 19.3 Å². The minimum Gasteiger partial charge on any atom is -0.496 e. The van der Waals surface area contributed by atoms with Crippen LogP contribution < -0.4 is 10.1 Å². The molecular formula is C17H23F3IN5O. The number of aliphatic imine (C=N–C) groups is 1. The quantitative estimate of drug-likeness (QED) is 0.392. The minimum atomic E-state index is -4.49. The zero-order chi connectivity index (χ0) is 19.3. The summed E-state index contributed by atoms with van der Waals surface area (Å²) in [6.07, 6.45) is -3.14. The number of benzene rings is 1. The SMILES string of the molecule is CN=C(NCc1cn(C)nc1C(F)(F)F)N(C)Cc1ccccc1OC.I. The van der Waals surface area contributed by atoms with Gasteiger partial charge in [0.25, 0.3) is 0 Å². The number of rotatable bonds is 5. The second kappa shape index (κ2) is 9.81. The van der Waals surface area contributed by atoms with Gasteiger partial charge >= 0.3 is 6.18 Å². The number of ether oxygens (including phenoxy) is 1. The van der Waals surface area contributed by atoms with Crippen LogP contribution in [-0.4, -0.2) is 41.8 Å². The lowest BCUT2D eigenvalue weighted by molar-refractivity contribution is -0.142. The third kappa shape index (κ3) is 6.01. The molecule has 0 amide bonds. The smallest absolute Gasteiger partial charge is 0.435 e. The highest BCUT2D eigenvalue weighted by atomic mass is 127. The summed E-state index contributed by atoms with van der Waals surface area (Å²) in [7, 11) is 6.43. The second-order valence-electron chi connectivity index (χ2n) is 5.74. The monoisotopic (exact) mass is 497 g/mol. The molecule has 0 fully saturated rings. The molecule has 0 saturated carbocycles. The van der Waals surface area contributed by atoms with Crippen LogP contribution in [0.15, 0.2) is 35.5 Å². The van der Waals surface area contributed by atoms with Gasteiger partial charge in [0.05, 0.1) is 7.11 Å². The Morgan fingerprint density at radius 1 is 1.30 bits per heavy atom. The van der Waals surface area contributed by atoms with E-state index in [1.165, 1.54) is 13.2 Å².